The summed E-state index contributed by atoms with van der Waals surface area (Å²) in [5.41, 5.74) is 7.33. The predicted octanol–water partition coefficient (Wildman–Crippen LogP) is 2.46. The molecule has 1 aromatic heterocycles. The van der Waals surface area contributed by atoms with Crippen LogP contribution >= 0.6 is 0 Å². The van der Waals surface area contributed by atoms with E-state index in [-0.39, 0.29) is 5.91 Å². The highest BCUT2D eigenvalue weighted by Gasteiger charge is 2.15. The molecular formula is C16H20N4O. The first-order valence-electron chi connectivity index (χ1n) is 7.00. The highest BCUT2D eigenvalue weighted by molar-refractivity contribution is 5.94. The number of carbonyl (C=O) groups is 1. The van der Waals surface area contributed by atoms with E-state index in [1.54, 1.807) is 12.4 Å². The Morgan fingerprint density at radius 2 is 1.81 bits per heavy atom. The van der Waals surface area contributed by atoms with Crippen LogP contribution in [0.5, 0.6) is 0 Å². The summed E-state index contributed by atoms with van der Waals surface area (Å²) in [6.07, 6.45) is 3.83. The van der Waals surface area contributed by atoms with Crippen molar-refractivity contribution in [3.05, 3.63) is 42.7 Å². The molecule has 1 heterocycles. The van der Waals surface area contributed by atoms with E-state index in [2.05, 4.69) is 15.3 Å². The van der Waals surface area contributed by atoms with Crippen LogP contribution in [0.2, 0.25) is 0 Å². The second-order valence-corrected chi connectivity index (χ2v) is 5.39. The minimum atomic E-state index is -0.515. The summed E-state index contributed by atoms with van der Waals surface area (Å²) in [4.78, 5) is 20.4. The lowest BCUT2D eigenvalue weighted by atomic mass is 10.0. The Labute approximate surface area is 124 Å². The van der Waals surface area contributed by atoms with Gasteiger partial charge in [-0.05, 0) is 12.3 Å². The number of anilines is 1. The number of aromatic nitrogens is 2. The molecule has 0 saturated carbocycles. The molecule has 5 nitrogen and oxygen atoms in total. The summed E-state index contributed by atoms with van der Waals surface area (Å²) in [6, 6.07) is 9.16. The Balaban J connectivity index is 2.01. The van der Waals surface area contributed by atoms with Crippen molar-refractivity contribution >= 4 is 11.6 Å². The van der Waals surface area contributed by atoms with E-state index in [0.717, 1.165) is 5.56 Å². The fourth-order valence-electron chi connectivity index (χ4n) is 1.98. The van der Waals surface area contributed by atoms with E-state index in [1.807, 2.05) is 44.2 Å². The lowest BCUT2D eigenvalue weighted by Crippen LogP contribution is -2.36. The van der Waals surface area contributed by atoms with Crippen LogP contribution in [0.3, 0.4) is 0 Å². The van der Waals surface area contributed by atoms with Crippen molar-refractivity contribution in [2.24, 2.45) is 11.7 Å². The van der Waals surface area contributed by atoms with Crippen LogP contribution in [-0.4, -0.2) is 21.9 Å². The number of rotatable bonds is 5. The summed E-state index contributed by atoms with van der Waals surface area (Å²) in [7, 11) is 0. The maximum Gasteiger partial charge on any atom is 0.241 e. The molecule has 1 aromatic carbocycles. The van der Waals surface area contributed by atoms with Gasteiger partial charge < -0.3 is 11.1 Å². The molecule has 0 spiro atoms. The molecule has 2 aromatic rings. The molecule has 2 rings (SSSR count). The van der Waals surface area contributed by atoms with Crippen LogP contribution in [-0.2, 0) is 4.79 Å². The van der Waals surface area contributed by atoms with Crippen LogP contribution in [0, 0.1) is 5.92 Å². The lowest BCUT2D eigenvalue weighted by molar-refractivity contribution is -0.117. The van der Waals surface area contributed by atoms with Gasteiger partial charge in [-0.25, -0.2) is 9.97 Å². The minimum absolute atomic E-state index is 0.209. The fraction of sp³-hybridized carbons (Fsp3) is 0.312. The zero-order valence-corrected chi connectivity index (χ0v) is 12.3. The van der Waals surface area contributed by atoms with Gasteiger partial charge in [0.15, 0.2) is 5.82 Å². The number of benzene rings is 1. The van der Waals surface area contributed by atoms with Crippen LogP contribution in [0.15, 0.2) is 42.7 Å². The number of amides is 1. The zero-order valence-electron chi connectivity index (χ0n) is 12.3. The van der Waals surface area contributed by atoms with Gasteiger partial charge >= 0.3 is 0 Å². The monoisotopic (exact) mass is 284 g/mol. The van der Waals surface area contributed by atoms with Crippen molar-refractivity contribution in [2.75, 3.05) is 5.32 Å². The largest absolute Gasteiger partial charge is 0.322 e. The van der Waals surface area contributed by atoms with Crippen molar-refractivity contribution in [3.8, 4) is 11.4 Å². The Kier molecular flexibility index (Phi) is 5.00. The van der Waals surface area contributed by atoms with Crippen LogP contribution in [0.4, 0.5) is 5.69 Å². The predicted molar refractivity (Wildman–Crippen MR) is 83.5 cm³/mol. The van der Waals surface area contributed by atoms with Crippen molar-refractivity contribution in [1.82, 2.24) is 9.97 Å². The molecule has 0 bridgehead atoms. The Morgan fingerprint density at radius 3 is 2.38 bits per heavy atom. The van der Waals surface area contributed by atoms with Crippen LogP contribution in [0.25, 0.3) is 11.4 Å². The summed E-state index contributed by atoms with van der Waals surface area (Å²) < 4.78 is 0. The van der Waals surface area contributed by atoms with Gasteiger partial charge in [-0.3, -0.25) is 4.79 Å². The van der Waals surface area contributed by atoms with Gasteiger partial charge in [-0.2, -0.15) is 0 Å². The van der Waals surface area contributed by atoms with Crippen LogP contribution in [0.1, 0.15) is 20.3 Å². The smallest absolute Gasteiger partial charge is 0.241 e. The third-order valence-electron chi connectivity index (χ3n) is 3.01. The average Bonchev–Trinajstić information content (AvgIpc) is 2.48. The number of hydrogen-bond acceptors (Lipinski definition) is 4. The second kappa shape index (κ2) is 6.95. The quantitative estimate of drug-likeness (QED) is 0.883. The normalized spacial score (nSPS) is 12.2. The fourth-order valence-corrected chi connectivity index (χ4v) is 1.98. The molecule has 0 aliphatic carbocycles. The number of nitrogens with zero attached hydrogens (tertiary/aromatic N) is 2. The Hall–Kier alpha value is -2.27. The van der Waals surface area contributed by atoms with E-state index in [4.69, 9.17) is 5.73 Å². The van der Waals surface area contributed by atoms with Gasteiger partial charge in [0.1, 0.15) is 0 Å². The molecule has 0 fully saturated rings. The molecule has 1 atom stereocenters. The topological polar surface area (TPSA) is 80.9 Å². The van der Waals surface area contributed by atoms with E-state index in [9.17, 15) is 4.79 Å². The Morgan fingerprint density at radius 1 is 1.19 bits per heavy atom. The van der Waals surface area contributed by atoms with Gasteiger partial charge in [0.05, 0.1) is 24.1 Å². The highest BCUT2D eigenvalue weighted by Crippen LogP contribution is 2.15. The van der Waals surface area contributed by atoms with E-state index in [0.29, 0.717) is 23.9 Å². The van der Waals surface area contributed by atoms with Crippen molar-refractivity contribution in [2.45, 2.75) is 26.3 Å². The summed E-state index contributed by atoms with van der Waals surface area (Å²) in [6.45, 7) is 4.07. The first-order chi connectivity index (χ1) is 10.1. The molecule has 0 aliphatic rings. The third kappa shape index (κ3) is 4.36. The molecule has 5 heteroatoms. The standard InChI is InChI=1S/C16H20N4O/c1-11(2)8-14(17)16(21)20-13-9-18-15(19-10-13)12-6-4-3-5-7-12/h3-7,9-11,14H,8,17H2,1-2H3,(H,20,21). The van der Waals surface area contributed by atoms with Crippen molar-refractivity contribution in [3.63, 3.8) is 0 Å². The molecule has 3 N–H and O–H groups in total. The van der Waals surface area contributed by atoms with Gasteiger partial charge in [0.2, 0.25) is 5.91 Å². The van der Waals surface area contributed by atoms with E-state index >= 15 is 0 Å². The first kappa shape index (κ1) is 15.1. The zero-order chi connectivity index (χ0) is 15.2. The lowest BCUT2D eigenvalue weighted by Gasteiger charge is -2.13. The summed E-state index contributed by atoms with van der Waals surface area (Å²) >= 11 is 0. The van der Waals surface area contributed by atoms with Crippen LogP contribution < -0.4 is 11.1 Å². The SMILES string of the molecule is CC(C)CC(N)C(=O)Nc1cnc(-c2ccccc2)nc1. The molecule has 1 unspecified atom stereocenters. The molecule has 1 amide bonds. The number of nitrogens with two attached hydrogens (primary N) is 1. The molecule has 110 valence electrons. The third-order valence-corrected chi connectivity index (χ3v) is 3.01. The average molecular weight is 284 g/mol. The molecule has 21 heavy (non-hydrogen) atoms. The molecule has 0 saturated heterocycles. The molecular weight excluding hydrogens is 264 g/mol. The molecule has 0 aliphatic heterocycles. The number of nitrogens with one attached hydrogen (secondary N) is 1. The second-order valence-electron chi connectivity index (χ2n) is 5.39. The van der Waals surface area contributed by atoms with Gasteiger partial charge in [0.25, 0.3) is 0 Å². The maximum atomic E-state index is 11.9. The minimum Gasteiger partial charge on any atom is -0.322 e. The number of carbonyl (C=O) groups excluding carboxylic acids is 1. The van der Waals surface area contributed by atoms with Gasteiger partial charge in [0, 0.05) is 5.56 Å². The first-order valence-corrected chi connectivity index (χ1v) is 7.00. The van der Waals surface area contributed by atoms with Gasteiger partial charge in [-0.1, -0.05) is 44.2 Å². The molecule has 0 radical (unpaired) electrons. The maximum absolute atomic E-state index is 11.9. The van der Waals surface area contributed by atoms with Crippen molar-refractivity contribution < 1.29 is 4.79 Å². The number of hydrogen-bond donors (Lipinski definition) is 2. The van der Waals surface area contributed by atoms with Gasteiger partial charge in [-0.15, -0.1) is 0 Å². The summed E-state index contributed by atoms with van der Waals surface area (Å²) in [5.74, 6) is 0.794. The van der Waals surface area contributed by atoms with Crippen molar-refractivity contribution in [1.29, 1.82) is 0 Å². The highest BCUT2D eigenvalue weighted by atomic mass is 16.2. The van der Waals surface area contributed by atoms with E-state index in [1.165, 1.54) is 0 Å². The summed E-state index contributed by atoms with van der Waals surface area (Å²) in [5, 5.41) is 2.74. The van der Waals surface area contributed by atoms with E-state index < -0.39 is 6.04 Å². The Bertz CT molecular complexity index is 581.